The van der Waals surface area contributed by atoms with Crippen LogP contribution in [0.4, 0.5) is 0 Å². The van der Waals surface area contributed by atoms with E-state index in [9.17, 15) is 5.11 Å². The fourth-order valence-electron chi connectivity index (χ4n) is 1.54. The molecule has 2 aromatic rings. The minimum absolute atomic E-state index is 0.164. The van der Waals surface area contributed by atoms with Gasteiger partial charge in [-0.1, -0.05) is 19.0 Å². The molecule has 6 heteroatoms. The molecule has 0 unspecified atom stereocenters. The Morgan fingerprint density at radius 2 is 2.11 bits per heavy atom. The van der Waals surface area contributed by atoms with Gasteiger partial charge in [0.15, 0.2) is 12.4 Å². The number of ether oxygens (including phenoxy) is 1. The average molecular weight is 263 g/mol. The molecule has 0 radical (unpaired) electrons. The minimum Gasteiger partial charge on any atom is -0.482 e. The second-order valence-corrected chi connectivity index (χ2v) is 4.55. The van der Waals surface area contributed by atoms with Gasteiger partial charge in [-0.3, -0.25) is 4.98 Å². The van der Waals surface area contributed by atoms with Gasteiger partial charge in [0, 0.05) is 11.6 Å². The molecule has 0 spiro atoms. The molecule has 1 N–H and O–H groups in total. The third kappa shape index (κ3) is 3.29. The zero-order valence-electron chi connectivity index (χ0n) is 11.3. The molecule has 0 fully saturated rings. The maximum absolute atomic E-state index is 9.22. The molecule has 2 aromatic heterocycles. The Morgan fingerprint density at radius 3 is 2.74 bits per heavy atom. The highest BCUT2D eigenvalue weighted by molar-refractivity contribution is 5.28. The molecule has 0 aliphatic rings. The number of rotatable bonds is 5. The monoisotopic (exact) mass is 263 g/mol. The van der Waals surface area contributed by atoms with Crippen LogP contribution in [-0.2, 0) is 13.2 Å². The molecule has 0 bridgehead atoms. The number of nitrogens with zero attached hydrogens (tertiary/aromatic N) is 3. The molecule has 0 saturated carbocycles. The Labute approximate surface area is 111 Å². The summed E-state index contributed by atoms with van der Waals surface area (Å²) >= 11 is 0. The Bertz CT molecular complexity index is 552. The summed E-state index contributed by atoms with van der Waals surface area (Å²) in [6.45, 7) is 5.83. The summed E-state index contributed by atoms with van der Waals surface area (Å²) in [5.41, 5.74) is 1.33. The molecule has 0 amide bonds. The van der Waals surface area contributed by atoms with Crippen molar-refractivity contribution in [3.8, 4) is 5.75 Å². The lowest BCUT2D eigenvalue weighted by Gasteiger charge is -2.07. The molecule has 2 heterocycles. The largest absolute Gasteiger partial charge is 0.482 e. The highest BCUT2D eigenvalue weighted by Gasteiger charge is 2.11. The van der Waals surface area contributed by atoms with E-state index >= 15 is 0 Å². The quantitative estimate of drug-likeness (QED) is 0.888. The second kappa shape index (κ2) is 5.79. The minimum atomic E-state index is -0.169. The van der Waals surface area contributed by atoms with E-state index in [4.69, 9.17) is 9.26 Å². The van der Waals surface area contributed by atoms with Crippen molar-refractivity contribution in [1.82, 2.24) is 15.1 Å². The lowest BCUT2D eigenvalue weighted by Crippen LogP contribution is -2.02. The lowest BCUT2D eigenvalue weighted by molar-refractivity contribution is 0.225. The number of hydrogen-bond donors (Lipinski definition) is 1. The van der Waals surface area contributed by atoms with E-state index in [0.717, 1.165) is 5.69 Å². The molecule has 0 aromatic carbocycles. The van der Waals surface area contributed by atoms with Crippen LogP contribution in [0.2, 0.25) is 0 Å². The summed E-state index contributed by atoms with van der Waals surface area (Å²) in [5.74, 6) is 1.81. The van der Waals surface area contributed by atoms with Gasteiger partial charge in [0.25, 0.3) is 5.89 Å². The molecular weight excluding hydrogens is 246 g/mol. The van der Waals surface area contributed by atoms with Gasteiger partial charge in [-0.05, 0) is 19.1 Å². The van der Waals surface area contributed by atoms with Crippen molar-refractivity contribution in [2.24, 2.45) is 0 Å². The molecule has 6 nitrogen and oxygen atoms in total. The van der Waals surface area contributed by atoms with Crippen LogP contribution in [0, 0.1) is 6.92 Å². The predicted octanol–water partition coefficient (Wildman–Crippen LogP) is 1.97. The zero-order chi connectivity index (χ0) is 13.8. The first-order valence-electron chi connectivity index (χ1n) is 6.12. The van der Waals surface area contributed by atoms with Gasteiger partial charge in [0.05, 0.1) is 6.61 Å². The highest BCUT2D eigenvalue weighted by atomic mass is 16.5. The molecule has 102 valence electrons. The van der Waals surface area contributed by atoms with Crippen molar-refractivity contribution in [2.75, 3.05) is 0 Å². The van der Waals surface area contributed by atoms with Crippen molar-refractivity contribution in [1.29, 1.82) is 0 Å². The van der Waals surface area contributed by atoms with Crippen LogP contribution in [0.15, 0.2) is 16.7 Å². The van der Waals surface area contributed by atoms with Crippen LogP contribution in [0.3, 0.4) is 0 Å². The first-order valence-corrected chi connectivity index (χ1v) is 6.12. The van der Waals surface area contributed by atoms with Crippen LogP contribution in [0.1, 0.15) is 42.9 Å². The molecule has 0 saturated heterocycles. The molecular formula is C13H17N3O3. The van der Waals surface area contributed by atoms with Crippen LogP contribution in [0.5, 0.6) is 5.75 Å². The summed E-state index contributed by atoms with van der Waals surface area (Å²) in [4.78, 5) is 8.41. The average Bonchev–Trinajstić information content (AvgIpc) is 2.86. The van der Waals surface area contributed by atoms with Gasteiger partial charge in [-0.25, -0.2) is 0 Å². The molecule has 19 heavy (non-hydrogen) atoms. The van der Waals surface area contributed by atoms with Gasteiger partial charge in [-0.15, -0.1) is 0 Å². The number of aryl methyl sites for hydroxylation is 1. The Hall–Kier alpha value is -1.95. The van der Waals surface area contributed by atoms with Crippen LogP contribution in [0.25, 0.3) is 0 Å². The first kappa shape index (κ1) is 13.5. The number of aliphatic hydroxyl groups excluding tert-OH is 1. The van der Waals surface area contributed by atoms with Crippen molar-refractivity contribution >= 4 is 0 Å². The Kier molecular flexibility index (Phi) is 4.11. The number of pyridine rings is 1. The Morgan fingerprint density at radius 1 is 1.32 bits per heavy atom. The number of aromatic nitrogens is 3. The van der Waals surface area contributed by atoms with Gasteiger partial charge in [0.2, 0.25) is 0 Å². The van der Waals surface area contributed by atoms with E-state index in [1.54, 1.807) is 6.07 Å². The summed E-state index contributed by atoms with van der Waals surface area (Å²) in [6.07, 6.45) is 0. The van der Waals surface area contributed by atoms with Crippen LogP contribution < -0.4 is 4.74 Å². The number of hydrogen-bond acceptors (Lipinski definition) is 6. The van der Waals surface area contributed by atoms with Gasteiger partial charge in [-0.2, -0.15) is 4.98 Å². The van der Waals surface area contributed by atoms with Crippen LogP contribution in [-0.4, -0.2) is 20.2 Å². The fraction of sp³-hybridized carbons (Fsp3) is 0.462. The third-order valence-electron chi connectivity index (χ3n) is 2.57. The summed E-state index contributed by atoms with van der Waals surface area (Å²) in [5, 5.41) is 13.1. The molecule has 0 aliphatic carbocycles. The SMILES string of the molecule is Cc1ccc(OCc2nc(C(C)C)no2)c(CO)n1. The smallest absolute Gasteiger partial charge is 0.264 e. The van der Waals surface area contributed by atoms with E-state index in [2.05, 4.69) is 15.1 Å². The van der Waals surface area contributed by atoms with Crippen molar-refractivity contribution in [3.05, 3.63) is 35.2 Å². The lowest BCUT2D eigenvalue weighted by atomic mass is 10.2. The summed E-state index contributed by atoms with van der Waals surface area (Å²) < 4.78 is 10.6. The van der Waals surface area contributed by atoms with Crippen molar-refractivity contribution in [3.63, 3.8) is 0 Å². The molecule has 0 atom stereocenters. The van der Waals surface area contributed by atoms with Crippen molar-refractivity contribution < 1.29 is 14.4 Å². The predicted molar refractivity (Wildman–Crippen MR) is 67.6 cm³/mol. The topological polar surface area (TPSA) is 81.3 Å². The van der Waals surface area contributed by atoms with E-state index in [1.807, 2.05) is 26.8 Å². The zero-order valence-corrected chi connectivity index (χ0v) is 11.3. The summed E-state index contributed by atoms with van der Waals surface area (Å²) in [7, 11) is 0. The maximum Gasteiger partial charge on any atom is 0.264 e. The normalized spacial score (nSPS) is 11.0. The van der Waals surface area contributed by atoms with Crippen molar-refractivity contribution in [2.45, 2.75) is 39.9 Å². The van der Waals surface area contributed by atoms with Gasteiger partial charge < -0.3 is 14.4 Å². The highest BCUT2D eigenvalue weighted by Crippen LogP contribution is 2.18. The van der Waals surface area contributed by atoms with E-state index < -0.39 is 0 Å². The van der Waals surface area contributed by atoms with E-state index in [-0.39, 0.29) is 19.1 Å². The third-order valence-corrected chi connectivity index (χ3v) is 2.57. The van der Waals surface area contributed by atoms with Gasteiger partial charge >= 0.3 is 0 Å². The van der Waals surface area contributed by atoms with Crippen LogP contribution >= 0.6 is 0 Å². The number of aliphatic hydroxyl groups is 1. The van der Waals surface area contributed by atoms with E-state index in [0.29, 0.717) is 23.2 Å². The maximum atomic E-state index is 9.22. The Balaban J connectivity index is 2.05. The molecule has 2 rings (SSSR count). The standard InChI is InChI=1S/C13H17N3O3/c1-8(2)13-15-12(19-16-13)7-18-11-5-4-9(3)14-10(11)6-17/h4-5,8,17H,6-7H2,1-3H3. The second-order valence-electron chi connectivity index (χ2n) is 4.55. The molecule has 0 aliphatic heterocycles. The fourth-order valence-corrected chi connectivity index (χ4v) is 1.54. The first-order chi connectivity index (χ1) is 9.10. The summed E-state index contributed by atoms with van der Waals surface area (Å²) in [6, 6.07) is 3.59. The van der Waals surface area contributed by atoms with E-state index in [1.165, 1.54) is 0 Å². The van der Waals surface area contributed by atoms with Gasteiger partial charge in [0.1, 0.15) is 11.4 Å².